The van der Waals surface area contributed by atoms with Crippen LogP contribution in [0.2, 0.25) is 0 Å². The van der Waals surface area contributed by atoms with Crippen LogP contribution in [0.15, 0.2) is 85.1 Å². The highest BCUT2D eigenvalue weighted by Gasteiger charge is 2.15. The van der Waals surface area contributed by atoms with Crippen molar-refractivity contribution in [2.24, 2.45) is 0 Å². The van der Waals surface area contributed by atoms with Gasteiger partial charge in [-0.1, -0.05) is 30.3 Å². The minimum Gasteiger partial charge on any atom is -0.508 e. The van der Waals surface area contributed by atoms with Crippen LogP contribution in [0.25, 0.3) is 0 Å². The normalized spacial score (nSPS) is 10.5. The summed E-state index contributed by atoms with van der Waals surface area (Å²) in [5, 5.41) is 15.5. The second-order valence-electron chi connectivity index (χ2n) is 8.04. The number of carbonyl (C=O) groups excluding carboxylic acids is 2. The van der Waals surface area contributed by atoms with Crippen molar-refractivity contribution in [1.82, 2.24) is 15.6 Å². The van der Waals surface area contributed by atoms with Crippen molar-refractivity contribution in [3.05, 3.63) is 119 Å². The number of nitrogens with zero attached hydrogens (tertiary/aromatic N) is 1. The Bertz CT molecular complexity index is 1370. The van der Waals surface area contributed by atoms with Gasteiger partial charge in [-0.05, 0) is 66.6 Å². The van der Waals surface area contributed by atoms with Crippen LogP contribution in [-0.4, -0.2) is 21.9 Å². The maximum Gasteiger partial charge on any atom is 0.257 e. The lowest BCUT2D eigenvalue weighted by Gasteiger charge is -2.11. The molecule has 7 nitrogen and oxygen atoms in total. The van der Waals surface area contributed by atoms with E-state index in [2.05, 4.69) is 15.6 Å². The van der Waals surface area contributed by atoms with Gasteiger partial charge in [-0.3, -0.25) is 9.59 Å². The molecule has 0 aliphatic heterocycles. The SMILES string of the molecule is Cc1c(O)cccc1C(=O)NCc1ccc(CNC(=O)c2cccnc2Oc2ccc(F)cc2)cc1. The molecule has 3 N–H and O–H groups in total. The third-order valence-electron chi connectivity index (χ3n) is 5.52. The Labute approximate surface area is 207 Å². The Kier molecular flexibility index (Phi) is 7.55. The van der Waals surface area contributed by atoms with E-state index in [0.29, 0.717) is 23.4 Å². The number of aromatic nitrogens is 1. The number of hydrogen-bond donors (Lipinski definition) is 3. The molecule has 0 spiro atoms. The molecule has 0 atom stereocenters. The summed E-state index contributed by atoms with van der Waals surface area (Å²) in [5.41, 5.74) is 2.96. The average Bonchev–Trinajstić information content (AvgIpc) is 2.89. The average molecular weight is 486 g/mol. The van der Waals surface area contributed by atoms with E-state index in [1.54, 1.807) is 31.2 Å². The van der Waals surface area contributed by atoms with E-state index in [0.717, 1.165) is 11.1 Å². The summed E-state index contributed by atoms with van der Waals surface area (Å²) in [7, 11) is 0. The quantitative estimate of drug-likeness (QED) is 0.330. The van der Waals surface area contributed by atoms with Crippen molar-refractivity contribution in [3.8, 4) is 17.4 Å². The fourth-order valence-electron chi connectivity index (χ4n) is 3.46. The molecular formula is C28H24FN3O4. The molecule has 0 saturated heterocycles. The first kappa shape index (κ1) is 24.4. The van der Waals surface area contributed by atoms with Gasteiger partial charge in [-0.2, -0.15) is 0 Å². The number of benzene rings is 3. The maximum absolute atomic E-state index is 13.1. The maximum atomic E-state index is 13.1. The predicted molar refractivity (Wildman–Crippen MR) is 132 cm³/mol. The highest BCUT2D eigenvalue weighted by atomic mass is 19.1. The summed E-state index contributed by atoms with van der Waals surface area (Å²) in [5.74, 6) is -0.454. The van der Waals surface area contributed by atoms with E-state index >= 15 is 0 Å². The van der Waals surface area contributed by atoms with E-state index in [4.69, 9.17) is 4.74 Å². The van der Waals surface area contributed by atoms with Crippen LogP contribution in [-0.2, 0) is 13.1 Å². The van der Waals surface area contributed by atoms with Crippen LogP contribution in [0.3, 0.4) is 0 Å². The largest absolute Gasteiger partial charge is 0.508 e. The van der Waals surface area contributed by atoms with E-state index in [9.17, 15) is 19.1 Å². The van der Waals surface area contributed by atoms with Gasteiger partial charge in [0, 0.05) is 30.4 Å². The molecule has 0 radical (unpaired) electrons. The first-order valence-corrected chi connectivity index (χ1v) is 11.2. The zero-order valence-corrected chi connectivity index (χ0v) is 19.5. The molecule has 4 aromatic rings. The Morgan fingerprint density at radius 1 is 0.833 bits per heavy atom. The minimum absolute atomic E-state index is 0.0782. The number of phenols is 1. The summed E-state index contributed by atoms with van der Waals surface area (Å²) >= 11 is 0. The topological polar surface area (TPSA) is 101 Å². The molecule has 2 amide bonds. The molecule has 0 unspecified atom stereocenters. The van der Waals surface area contributed by atoms with Crippen molar-refractivity contribution in [2.75, 3.05) is 0 Å². The van der Waals surface area contributed by atoms with Crippen LogP contribution in [0.4, 0.5) is 4.39 Å². The zero-order chi connectivity index (χ0) is 25.5. The number of ether oxygens (including phenoxy) is 1. The third-order valence-corrected chi connectivity index (χ3v) is 5.52. The molecule has 4 rings (SSSR count). The Morgan fingerprint density at radius 2 is 1.42 bits per heavy atom. The van der Waals surface area contributed by atoms with Gasteiger partial charge in [0.15, 0.2) is 0 Å². The van der Waals surface area contributed by atoms with Crippen LogP contribution in [0.5, 0.6) is 17.4 Å². The number of phenolic OH excluding ortho intramolecular Hbond substituents is 1. The number of nitrogens with one attached hydrogen (secondary N) is 2. The summed E-state index contributed by atoms with van der Waals surface area (Å²) < 4.78 is 18.8. The van der Waals surface area contributed by atoms with E-state index in [1.165, 1.54) is 36.5 Å². The molecule has 182 valence electrons. The number of hydrogen-bond acceptors (Lipinski definition) is 5. The molecule has 3 aromatic carbocycles. The smallest absolute Gasteiger partial charge is 0.257 e. The van der Waals surface area contributed by atoms with Gasteiger partial charge in [-0.15, -0.1) is 0 Å². The molecular weight excluding hydrogens is 461 g/mol. The first-order chi connectivity index (χ1) is 17.4. The second kappa shape index (κ2) is 11.1. The second-order valence-corrected chi connectivity index (χ2v) is 8.04. The van der Waals surface area contributed by atoms with Crippen molar-refractivity contribution in [2.45, 2.75) is 20.0 Å². The summed E-state index contributed by atoms with van der Waals surface area (Å²) in [6.07, 6.45) is 1.51. The molecule has 0 aliphatic carbocycles. The molecule has 1 heterocycles. The summed E-state index contributed by atoms with van der Waals surface area (Å²) in [6, 6.07) is 21.0. The van der Waals surface area contributed by atoms with Crippen molar-refractivity contribution in [1.29, 1.82) is 0 Å². The number of halogens is 1. The first-order valence-electron chi connectivity index (χ1n) is 11.2. The van der Waals surface area contributed by atoms with Gasteiger partial charge in [-0.25, -0.2) is 9.37 Å². The monoisotopic (exact) mass is 485 g/mol. The number of aromatic hydroxyl groups is 1. The number of amides is 2. The molecule has 0 aliphatic rings. The number of pyridine rings is 1. The lowest BCUT2D eigenvalue weighted by atomic mass is 10.1. The minimum atomic E-state index is -0.388. The zero-order valence-electron chi connectivity index (χ0n) is 19.5. The van der Waals surface area contributed by atoms with E-state index in [1.807, 2.05) is 24.3 Å². The lowest BCUT2D eigenvalue weighted by Crippen LogP contribution is -2.24. The Morgan fingerprint density at radius 3 is 2.06 bits per heavy atom. The fraction of sp³-hybridized carbons (Fsp3) is 0.107. The molecule has 0 fully saturated rings. The Balaban J connectivity index is 1.32. The van der Waals surface area contributed by atoms with Crippen molar-refractivity contribution < 1.29 is 23.8 Å². The molecule has 36 heavy (non-hydrogen) atoms. The van der Waals surface area contributed by atoms with Crippen LogP contribution < -0.4 is 15.4 Å². The molecule has 8 heteroatoms. The standard InChI is InChI=1S/C28H24FN3O4/c1-18-23(4-2-6-25(18)33)26(34)31-16-19-7-9-20(10-8-19)17-32-27(35)24-5-3-15-30-28(24)36-22-13-11-21(29)12-14-22/h2-15,33H,16-17H2,1H3,(H,31,34)(H,32,35). The number of carbonyl (C=O) groups is 2. The molecule has 1 aromatic heterocycles. The van der Waals surface area contributed by atoms with Gasteiger partial charge in [0.1, 0.15) is 22.9 Å². The molecule has 0 bridgehead atoms. The van der Waals surface area contributed by atoms with Crippen LogP contribution in [0, 0.1) is 12.7 Å². The highest BCUT2D eigenvalue weighted by Crippen LogP contribution is 2.23. The van der Waals surface area contributed by atoms with E-state index in [-0.39, 0.29) is 41.4 Å². The summed E-state index contributed by atoms with van der Waals surface area (Å²) in [6.45, 7) is 2.29. The van der Waals surface area contributed by atoms with Gasteiger partial charge in [0.05, 0.1) is 0 Å². The van der Waals surface area contributed by atoms with Gasteiger partial charge in [0.25, 0.3) is 11.8 Å². The lowest BCUT2D eigenvalue weighted by molar-refractivity contribution is 0.0940. The third kappa shape index (κ3) is 6.04. The number of rotatable bonds is 8. The van der Waals surface area contributed by atoms with Crippen molar-refractivity contribution in [3.63, 3.8) is 0 Å². The predicted octanol–water partition coefficient (Wildman–Crippen LogP) is 4.89. The van der Waals surface area contributed by atoms with Crippen LogP contribution in [0.1, 0.15) is 37.4 Å². The molecule has 0 saturated carbocycles. The van der Waals surface area contributed by atoms with Gasteiger partial charge >= 0.3 is 0 Å². The highest BCUT2D eigenvalue weighted by molar-refractivity contribution is 5.96. The van der Waals surface area contributed by atoms with E-state index < -0.39 is 0 Å². The fourth-order valence-corrected chi connectivity index (χ4v) is 3.46. The van der Waals surface area contributed by atoms with Gasteiger partial charge in [0.2, 0.25) is 5.88 Å². The van der Waals surface area contributed by atoms with Crippen LogP contribution >= 0.6 is 0 Å². The van der Waals surface area contributed by atoms with Gasteiger partial charge < -0.3 is 20.5 Å². The van der Waals surface area contributed by atoms with Crippen molar-refractivity contribution >= 4 is 11.8 Å². The Hall–Kier alpha value is -4.72. The summed E-state index contributed by atoms with van der Waals surface area (Å²) in [4.78, 5) is 29.3.